The van der Waals surface area contributed by atoms with Gasteiger partial charge in [-0.1, -0.05) is 43.2 Å². The molecule has 6 rings (SSSR count). The number of fused-ring (bicyclic) bond motifs is 1. The normalized spacial score (nSPS) is 22.4. The van der Waals surface area contributed by atoms with Gasteiger partial charge in [-0.3, -0.25) is 14.6 Å². The van der Waals surface area contributed by atoms with Gasteiger partial charge in [-0.05, 0) is 61.8 Å². The zero-order chi connectivity index (χ0) is 26.2. The number of pyridine rings is 1. The van der Waals surface area contributed by atoms with Gasteiger partial charge >= 0.3 is 0 Å². The molecule has 200 valence electrons. The van der Waals surface area contributed by atoms with Crippen LogP contribution < -0.4 is 0 Å². The van der Waals surface area contributed by atoms with Crippen molar-refractivity contribution < 1.29 is 9.59 Å². The molecule has 2 amide bonds. The summed E-state index contributed by atoms with van der Waals surface area (Å²) in [5, 5.41) is 0. The van der Waals surface area contributed by atoms with Crippen LogP contribution in [0.25, 0.3) is 0 Å². The molecule has 4 heterocycles. The largest absolute Gasteiger partial charge is 0.377 e. The minimum atomic E-state index is 0.112. The molecule has 0 bridgehead atoms. The van der Waals surface area contributed by atoms with Gasteiger partial charge in [-0.15, -0.1) is 0 Å². The standard InChI is InChI=1S/C32H40N4O2/c1-22-12-14-33-23(2)30(22)32(38)36-18-26-16-34(17-27(26)19-36)15-13-29(24-8-4-3-5-9-24)28-20-35(21-28)31(37)25-10-6-7-11-25/h3-5,8-9,12,14,16,25,27-29H,6-7,10-11,13,15,17-21H2,1-2H3. The number of aromatic nitrogens is 1. The van der Waals surface area contributed by atoms with Crippen molar-refractivity contribution in [2.75, 3.05) is 39.3 Å². The molecule has 6 heteroatoms. The highest BCUT2D eigenvalue weighted by Gasteiger charge is 2.40. The molecule has 6 nitrogen and oxygen atoms in total. The second-order valence-electron chi connectivity index (χ2n) is 12.0. The summed E-state index contributed by atoms with van der Waals surface area (Å²) in [7, 11) is 0. The number of benzene rings is 1. The van der Waals surface area contributed by atoms with E-state index in [0.29, 0.717) is 23.7 Å². The molecule has 3 fully saturated rings. The van der Waals surface area contributed by atoms with Gasteiger partial charge in [0.05, 0.1) is 11.3 Å². The molecule has 0 radical (unpaired) electrons. The lowest BCUT2D eigenvalue weighted by Gasteiger charge is -2.45. The van der Waals surface area contributed by atoms with Crippen molar-refractivity contribution in [1.29, 1.82) is 0 Å². The second kappa shape index (κ2) is 10.5. The lowest BCUT2D eigenvalue weighted by atomic mass is 9.78. The lowest BCUT2D eigenvalue weighted by molar-refractivity contribution is -0.142. The molecular formula is C32H40N4O2. The third-order valence-corrected chi connectivity index (χ3v) is 9.44. The monoisotopic (exact) mass is 512 g/mol. The van der Waals surface area contributed by atoms with Crippen LogP contribution in [0.3, 0.4) is 0 Å². The summed E-state index contributed by atoms with van der Waals surface area (Å²) in [6.07, 6.45) is 9.77. The maximum absolute atomic E-state index is 13.3. The first-order valence-electron chi connectivity index (χ1n) is 14.5. The molecule has 1 aromatic carbocycles. The number of hydrogen-bond donors (Lipinski definition) is 0. The summed E-state index contributed by atoms with van der Waals surface area (Å²) in [4.78, 5) is 37.1. The molecule has 1 saturated carbocycles. The van der Waals surface area contributed by atoms with Gasteiger partial charge in [0.25, 0.3) is 5.91 Å². The molecule has 4 aliphatic rings. The van der Waals surface area contributed by atoms with E-state index in [9.17, 15) is 9.59 Å². The molecule has 2 unspecified atom stereocenters. The number of nitrogens with zero attached hydrogens (tertiary/aromatic N) is 4. The first-order chi connectivity index (χ1) is 18.5. The van der Waals surface area contributed by atoms with Gasteiger partial charge < -0.3 is 14.7 Å². The van der Waals surface area contributed by atoms with Crippen molar-refractivity contribution in [2.24, 2.45) is 17.8 Å². The SMILES string of the molecule is Cc1ccnc(C)c1C(=O)N1CC2=CN(CCC(c3ccccc3)C3CN(C(=O)C4CCCC4)C3)CC2C1. The van der Waals surface area contributed by atoms with Crippen molar-refractivity contribution in [3.63, 3.8) is 0 Å². The van der Waals surface area contributed by atoms with Crippen LogP contribution >= 0.6 is 0 Å². The number of carbonyl (C=O) groups excluding carboxylic acids is 2. The van der Waals surface area contributed by atoms with Gasteiger partial charge in [0, 0.05) is 69.4 Å². The number of amides is 2. The Morgan fingerprint density at radius 2 is 1.74 bits per heavy atom. The third kappa shape index (κ3) is 4.85. The highest BCUT2D eigenvalue weighted by atomic mass is 16.2. The first-order valence-corrected chi connectivity index (χ1v) is 14.5. The maximum Gasteiger partial charge on any atom is 0.256 e. The minimum absolute atomic E-state index is 0.112. The van der Waals surface area contributed by atoms with E-state index in [-0.39, 0.29) is 11.8 Å². The summed E-state index contributed by atoms with van der Waals surface area (Å²) in [6, 6.07) is 12.8. The number of rotatable bonds is 7. The van der Waals surface area contributed by atoms with E-state index in [4.69, 9.17) is 0 Å². The molecule has 0 N–H and O–H groups in total. The summed E-state index contributed by atoms with van der Waals surface area (Å²) in [5.74, 6) is 2.22. The number of carbonyl (C=O) groups is 2. The molecule has 0 spiro atoms. The quantitative estimate of drug-likeness (QED) is 0.535. The predicted molar refractivity (Wildman–Crippen MR) is 149 cm³/mol. The van der Waals surface area contributed by atoms with Crippen LogP contribution in [-0.2, 0) is 4.79 Å². The van der Waals surface area contributed by atoms with Gasteiger partial charge in [0.2, 0.25) is 5.91 Å². The van der Waals surface area contributed by atoms with E-state index in [0.717, 1.165) is 75.4 Å². The highest BCUT2D eigenvalue weighted by Crippen LogP contribution is 2.38. The average Bonchev–Trinajstić information content (AvgIpc) is 3.62. The minimum Gasteiger partial charge on any atom is -0.377 e. The van der Waals surface area contributed by atoms with Crippen LogP contribution in [0.15, 0.2) is 54.4 Å². The Bertz CT molecular complexity index is 1190. The maximum atomic E-state index is 13.3. The summed E-state index contributed by atoms with van der Waals surface area (Å²) >= 11 is 0. The van der Waals surface area contributed by atoms with Crippen molar-refractivity contribution >= 4 is 11.8 Å². The first kappa shape index (κ1) is 25.1. The average molecular weight is 513 g/mol. The van der Waals surface area contributed by atoms with E-state index in [1.807, 2.05) is 24.8 Å². The van der Waals surface area contributed by atoms with Crippen LogP contribution in [0, 0.1) is 31.6 Å². The number of likely N-dealkylation sites (tertiary alicyclic amines) is 2. The Hall–Kier alpha value is -3.15. The van der Waals surface area contributed by atoms with Gasteiger partial charge in [0.15, 0.2) is 0 Å². The second-order valence-corrected chi connectivity index (χ2v) is 12.0. The Balaban J connectivity index is 1.07. The van der Waals surface area contributed by atoms with Crippen LogP contribution in [0.2, 0.25) is 0 Å². The summed E-state index contributed by atoms with van der Waals surface area (Å²) in [6.45, 7) is 9.24. The van der Waals surface area contributed by atoms with Gasteiger partial charge in [0.1, 0.15) is 0 Å². The Kier molecular flexibility index (Phi) is 6.98. The van der Waals surface area contributed by atoms with E-state index >= 15 is 0 Å². The molecule has 1 aromatic heterocycles. The third-order valence-electron chi connectivity index (χ3n) is 9.44. The molecule has 3 aliphatic heterocycles. The van der Waals surface area contributed by atoms with Crippen LogP contribution in [0.5, 0.6) is 0 Å². The van der Waals surface area contributed by atoms with Gasteiger partial charge in [-0.2, -0.15) is 0 Å². The van der Waals surface area contributed by atoms with Crippen molar-refractivity contribution in [2.45, 2.75) is 51.9 Å². The zero-order valence-electron chi connectivity index (χ0n) is 22.8. The lowest BCUT2D eigenvalue weighted by Crippen LogP contribution is -2.53. The van der Waals surface area contributed by atoms with Crippen molar-refractivity contribution in [3.8, 4) is 0 Å². The fourth-order valence-electron chi connectivity index (χ4n) is 7.23. The Morgan fingerprint density at radius 3 is 2.45 bits per heavy atom. The summed E-state index contributed by atoms with van der Waals surface area (Å²) in [5.41, 5.74) is 5.36. The fourth-order valence-corrected chi connectivity index (χ4v) is 7.23. The number of hydrogen-bond acceptors (Lipinski definition) is 4. The fraction of sp³-hybridized carbons (Fsp3) is 0.531. The predicted octanol–water partition coefficient (Wildman–Crippen LogP) is 4.79. The molecule has 2 aromatic rings. The Morgan fingerprint density at radius 1 is 0.974 bits per heavy atom. The molecule has 2 atom stereocenters. The van der Waals surface area contributed by atoms with E-state index < -0.39 is 0 Å². The van der Waals surface area contributed by atoms with Gasteiger partial charge in [-0.25, -0.2) is 0 Å². The Labute approximate surface area is 226 Å². The molecule has 2 saturated heterocycles. The molecular weight excluding hydrogens is 472 g/mol. The zero-order valence-corrected chi connectivity index (χ0v) is 22.8. The summed E-state index contributed by atoms with van der Waals surface area (Å²) < 4.78 is 0. The van der Waals surface area contributed by atoms with Crippen molar-refractivity contribution in [1.82, 2.24) is 19.7 Å². The topological polar surface area (TPSA) is 56.8 Å². The van der Waals surface area contributed by atoms with Crippen molar-refractivity contribution in [3.05, 3.63) is 76.8 Å². The van der Waals surface area contributed by atoms with E-state index in [1.165, 1.54) is 24.0 Å². The molecule has 1 aliphatic carbocycles. The molecule has 38 heavy (non-hydrogen) atoms. The number of aryl methyl sites for hydroxylation is 2. The smallest absolute Gasteiger partial charge is 0.256 e. The van der Waals surface area contributed by atoms with E-state index in [1.54, 1.807) is 6.20 Å². The van der Waals surface area contributed by atoms with Crippen LogP contribution in [0.1, 0.15) is 65.2 Å². The highest BCUT2D eigenvalue weighted by molar-refractivity contribution is 5.97. The van der Waals surface area contributed by atoms with E-state index in [2.05, 4.69) is 51.3 Å². The van der Waals surface area contributed by atoms with Crippen LogP contribution in [-0.4, -0.2) is 70.8 Å². The van der Waals surface area contributed by atoms with Crippen LogP contribution in [0.4, 0.5) is 0 Å².